The third-order valence-electron chi connectivity index (χ3n) is 4.77. The fraction of sp³-hybridized carbons (Fsp3) is 0.389. The van der Waals surface area contributed by atoms with Crippen molar-refractivity contribution in [1.82, 2.24) is 19.5 Å². The Morgan fingerprint density at radius 1 is 1.14 bits per heavy atom. The van der Waals surface area contributed by atoms with Gasteiger partial charge in [0.2, 0.25) is 0 Å². The van der Waals surface area contributed by atoms with Gasteiger partial charge in [0, 0.05) is 10.6 Å². The Kier molecular flexibility index (Phi) is 5.46. The molecule has 0 unspecified atom stereocenters. The molecule has 1 fully saturated rings. The number of anilines is 1. The molecule has 29 heavy (non-hydrogen) atoms. The summed E-state index contributed by atoms with van der Waals surface area (Å²) in [4.78, 5) is 13.2. The van der Waals surface area contributed by atoms with E-state index in [1.807, 2.05) is 18.2 Å². The number of ether oxygens (including phenoxy) is 3. The van der Waals surface area contributed by atoms with Gasteiger partial charge in [0.05, 0.1) is 26.7 Å². The van der Waals surface area contributed by atoms with E-state index >= 15 is 0 Å². The summed E-state index contributed by atoms with van der Waals surface area (Å²) in [5.74, 6) is 1.92. The SMILES string of the molecule is COc1ccc(SC[C@H]2O[C@@H](n3cnc4c(N)ncnc43)[C@H](O)[C@@H]2O)cc1OC. The minimum atomic E-state index is -1.14. The summed E-state index contributed by atoms with van der Waals surface area (Å²) in [6, 6.07) is 5.55. The number of hydrogen-bond acceptors (Lipinski definition) is 10. The molecule has 0 radical (unpaired) electrons. The molecule has 11 heteroatoms. The molecule has 10 nitrogen and oxygen atoms in total. The molecular weight excluding hydrogens is 398 g/mol. The van der Waals surface area contributed by atoms with Crippen LogP contribution in [0.25, 0.3) is 11.2 Å². The first-order chi connectivity index (χ1) is 14.0. The number of rotatable bonds is 6. The van der Waals surface area contributed by atoms with E-state index < -0.39 is 24.5 Å². The van der Waals surface area contributed by atoms with Crippen LogP contribution in [0.15, 0.2) is 35.7 Å². The van der Waals surface area contributed by atoms with E-state index in [4.69, 9.17) is 19.9 Å². The van der Waals surface area contributed by atoms with Crippen molar-refractivity contribution in [2.24, 2.45) is 0 Å². The van der Waals surface area contributed by atoms with Crippen LogP contribution >= 0.6 is 11.8 Å². The van der Waals surface area contributed by atoms with Gasteiger partial charge in [0.1, 0.15) is 24.1 Å². The number of nitrogens with zero attached hydrogens (tertiary/aromatic N) is 4. The van der Waals surface area contributed by atoms with Crippen LogP contribution in [-0.4, -0.2) is 68.0 Å². The normalized spacial score (nSPS) is 24.1. The summed E-state index contributed by atoms with van der Waals surface area (Å²) < 4.78 is 18.1. The second-order valence-electron chi connectivity index (χ2n) is 6.46. The van der Waals surface area contributed by atoms with Gasteiger partial charge in [-0.1, -0.05) is 0 Å². The van der Waals surface area contributed by atoms with Crippen molar-refractivity contribution in [3.63, 3.8) is 0 Å². The zero-order chi connectivity index (χ0) is 20.5. The van der Waals surface area contributed by atoms with E-state index in [0.29, 0.717) is 28.4 Å². The first kappa shape index (κ1) is 19.7. The van der Waals surface area contributed by atoms with Gasteiger partial charge in [-0.3, -0.25) is 4.57 Å². The Hall–Kier alpha value is -2.60. The van der Waals surface area contributed by atoms with Crippen molar-refractivity contribution in [1.29, 1.82) is 0 Å². The van der Waals surface area contributed by atoms with Gasteiger partial charge in [-0.15, -0.1) is 11.8 Å². The van der Waals surface area contributed by atoms with Crippen molar-refractivity contribution in [2.45, 2.75) is 29.4 Å². The van der Waals surface area contributed by atoms with Crippen molar-refractivity contribution in [3.05, 3.63) is 30.9 Å². The molecule has 1 saturated heterocycles. The third kappa shape index (κ3) is 3.57. The van der Waals surface area contributed by atoms with Crippen LogP contribution in [0.1, 0.15) is 6.23 Å². The van der Waals surface area contributed by atoms with E-state index in [2.05, 4.69) is 15.0 Å². The van der Waals surface area contributed by atoms with Crippen molar-refractivity contribution >= 4 is 28.7 Å². The van der Waals surface area contributed by atoms with Gasteiger partial charge < -0.3 is 30.2 Å². The lowest BCUT2D eigenvalue weighted by atomic mass is 10.1. The smallest absolute Gasteiger partial charge is 0.167 e. The minimum Gasteiger partial charge on any atom is -0.493 e. The number of nitrogens with two attached hydrogens (primary N) is 1. The van der Waals surface area contributed by atoms with Crippen molar-refractivity contribution in [2.75, 3.05) is 25.7 Å². The lowest BCUT2D eigenvalue weighted by molar-refractivity contribution is -0.0289. The molecule has 1 aromatic carbocycles. The predicted molar refractivity (Wildman–Crippen MR) is 106 cm³/mol. The first-order valence-corrected chi connectivity index (χ1v) is 9.81. The maximum Gasteiger partial charge on any atom is 0.167 e. The minimum absolute atomic E-state index is 0.238. The molecule has 0 saturated carbocycles. The fourth-order valence-electron chi connectivity index (χ4n) is 3.24. The Balaban J connectivity index is 1.49. The largest absolute Gasteiger partial charge is 0.493 e. The number of nitrogen functional groups attached to an aromatic ring is 1. The van der Waals surface area contributed by atoms with Crippen LogP contribution in [0.5, 0.6) is 11.5 Å². The molecular formula is C18H21N5O5S. The maximum absolute atomic E-state index is 10.5. The van der Waals surface area contributed by atoms with Gasteiger partial charge in [0.15, 0.2) is 29.2 Å². The molecule has 4 atom stereocenters. The summed E-state index contributed by atoms with van der Waals surface area (Å²) >= 11 is 1.48. The molecule has 1 aliphatic rings. The van der Waals surface area contributed by atoms with Gasteiger partial charge in [-0.2, -0.15) is 0 Å². The number of benzene rings is 1. The predicted octanol–water partition coefficient (Wildman–Crippen LogP) is 0.837. The summed E-state index contributed by atoms with van der Waals surface area (Å²) in [5.41, 5.74) is 6.66. The van der Waals surface area contributed by atoms with Crippen LogP contribution in [0.2, 0.25) is 0 Å². The van der Waals surface area contributed by atoms with Gasteiger partial charge in [-0.05, 0) is 18.2 Å². The molecule has 0 amide bonds. The first-order valence-electron chi connectivity index (χ1n) is 8.83. The number of aromatic nitrogens is 4. The molecule has 154 valence electrons. The fourth-order valence-corrected chi connectivity index (χ4v) is 4.22. The third-order valence-corrected chi connectivity index (χ3v) is 5.85. The Morgan fingerprint density at radius 2 is 1.93 bits per heavy atom. The average molecular weight is 419 g/mol. The Labute approximate surface area is 170 Å². The molecule has 4 N–H and O–H groups in total. The highest BCUT2D eigenvalue weighted by Gasteiger charge is 2.44. The van der Waals surface area contributed by atoms with Crippen LogP contribution in [0.3, 0.4) is 0 Å². The number of imidazole rings is 1. The topological polar surface area (TPSA) is 138 Å². The number of fused-ring (bicyclic) bond motifs is 1. The highest BCUT2D eigenvalue weighted by Crippen LogP contribution is 2.36. The Bertz CT molecular complexity index is 1020. The number of aliphatic hydroxyl groups excluding tert-OH is 2. The van der Waals surface area contributed by atoms with Crippen molar-refractivity contribution < 1.29 is 24.4 Å². The van der Waals surface area contributed by atoms with Crippen molar-refractivity contribution in [3.8, 4) is 11.5 Å². The molecule has 2 aromatic heterocycles. The molecule has 3 aromatic rings. The highest BCUT2D eigenvalue weighted by atomic mass is 32.2. The van der Waals surface area contributed by atoms with Crippen LogP contribution < -0.4 is 15.2 Å². The molecule has 0 spiro atoms. The Morgan fingerprint density at radius 3 is 2.69 bits per heavy atom. The standard InChI is InChI=1S/C18H21N5O5S/c1-26-10-4-3-9(5-11(10)27-2)29-6-12-14(24)15(25)18(28-12)23-8-22-13-16(19)20-7-21-17(13)23/h3-5,7-8,12,14-15,18,24-25H,6H2,1-2H3,(H2,19,20,21)/t12-,14-,15-,18-/m1/s1. The van der Waals surface area contributed by atoms with E-state index in [-0.39, 0.29) is 5.82 Å². The molecule has 0 bridgehead atoms. The maximum atomic E-state index is 10.5. The van der Waals surface area contributed by atoms with Gasteiger partial charge in [-0.25, -0.2) is 15.0 Å². The monoisotopic (exact) mass is 419 g/mol. The lowest BCUT2D eigenvalue weighted by Gasteiger charge is -2.16. The van der Waals surface area contributed by atoms with Gasteiger partial charge in [0.25, 0.3) is 0 Å². The summed E-state index contributed by atoms with van der Waals surface area (Å²) in [6.07, 6.45) is -0.841. The summed E-state index contributed by atoms with van der Waals surface area (Å²) in [5, 5.41) is 21.0. The number of aliphatic hydroxyl groups is 2. The molecule has 1 aliphatic heterocycles. The van der Waals surface area contributed by atoms with E-state index in [9.17, 15) is 10.2 Å². The molecule has 4 rings (SSSR count). The zero-order valence-corrected chi connectivity index (χ0v) is 16.6. The average Bonchev–Trinajstić information content (AvgIpc) is 3.29. The zero-order valence-electron chi connectivity index (χ0n) is 15.8. The highest BCUT2D eigenvalue weighted by molar-refractivity contribution is 7.99. The molecule has 0 aliphatic carbocycles. The van der Waals surface area contributed by atoms with E-state index in [1.165, 1.54) is 24.4 Å². The van der Waals surface area contributed by atoms with Crippen LogP contribution in [0, 0.1) is 0 Å². The number of methoxy groups -OCH3 is 2. The number of hydrogen-bond donors (Lipinski definition) is 3. The van der Waals surface area contributed by atoms with Crippen LogP contribution in [-0.2, 0) is 4.74 Å². The van der Waals surface area contributed by atoms with E-state index in [0.717, 1.165) is 4.90 Å². The molecule has 3 heterocycles. The quantitative estimate of drug-likeness (QED) is 0.493. The number of thioether (sulfide) groups is 1. The second kappa shape index (κ2) is 8.03. The van der Waals surface area contributed by atoms with E-state index in [1.54, 1.807) is 18.8 Å². The summed E-state index contributed by atoms with van der Waals surface area (Å²) in [6.45, 7) is 0. The summed E-state index contributed by atoms with van der Waals surface area (Å²) in [7, 11) is 3.15. The lowest BCUT2D eigenvalue weighted by Crippen LogP contribution is -2.32. The van der Waals surface area contributed by atoms with Crippen LogP contribution in [0.4, 0.5) is 5.82 Å². The van der Waals surface area contributed by atoms with Gasteiger partial charge >= 0.3 is 0 Å². The second-order valence-corrected chi connectivity index (χ2v) is 7.55.